The van der Waals surface area contributed by atoms with E-state index in [-0.39, 0.29) is 6.79 Å². The number of carbonyl (C=O) groups is 1. The molecule has 14 heavy (non-hydrogen) atoms. The molecule has 0 saturated heterocycles. The Bertz CT molecular complexity index is 283. The minimum Gasteiger partial charge on any atom is -0.439 e. The van der Waals surface area contributed by atoms with Gasteiger partial charge in [-0.05, 0) is 0 Å². The van der Waals surface area contributed by atoms with Crippen LogP contribution >= 0.6 is 0 Å². The maximum Gasteiger partial charge on any atom is 0.304 e. The summed E-state index contributed by atoms with van der Waals surface area (Å²) in [7, 11) is 0. The molecule has 1 rings (SSSR count). The Morgan fingerprint density at radius 2 is 2.07 bits per heavy atom. The van der Waals surface area contributed by atoms with Gasteiger partial charge in [0.05, 0.1) is 0 Å². The Morgan fingerprint density at radius 1 is 1.43 bits per heavy atom. The molecule has 76 valence electrons. The van der Waals surface area contributed by atoms with Crippen LogP contribution in [-0.4, -0.2) is 17.9 Å². The Balaban J connectivity index is 2.36. The van der Waals surface area contributed by atoms with E-state index in [1.54, 1.807) is 24.3 Å². The third-order valence-corrected chi connectivity index (χ3v) is 1.57. The lowest BCUT2D eigenvalue weighted by Crippen LogP contribution is -2.09. The number of esters is 1. The monoisotopic (exact) mass is 196 g/mol. The Morgan fingerprint density at radius 3 is 2.64 bits per heavy atom. The molecular weight excluding hydrogens is 184 g/mol. The van der Waals surface area contributed by atoms with Crippen LogP contribution in [0.5, 0.6) is 0 Å². The van der Waals surface area contributed by atoms with Crippen LogP contribution in [0.3, 0.4) is 0 Å². The average molecular weight is 196 g/mol. The number of benzene rings is 1. The molecule has 1 atom stereocenters. The molecule has 0 fully saturated rings. The SMILES string of the molecule is CC(=O)OCOC(O)c1ccccc1. The molecule has 0 heterocycles. The van der Waals surface area contributed by atoms with Crippen molar-refractivity contribution in [2.75, 3.05) is 6.79 Å². The molecule has 0 aliphatic rings. The van der Waals surface area contributed by atoms with E-state index in [0.717, 1.165) is 0 Å². The van der Waals surface area contributed by atoms with Crippen molar-refractivity contribution in [3.63, 3.8) is 0 Å². The number of aliphatic hydroxyl groups is 1. The zero-order chi connectivity index (χ0) is 10.4. The fourth-order valence-electron chi connectivity index (χ4n) is 0.895. The highest BCUT2D eigenvalue weighted by atomic mass is 16.7. The molecule has 0 aliphatic heterocycles. The number of hydrogen-bond acceptors (Lipinski definition) is 4. The number of rotatable bonds is 4. The lowest BCUT2D eigenvalue weighted by Gasteiger charge is -2.11. The van der Waals surface area contributed by atoms with E-state index in [0.29, 0.717) is 5.56 Å². The van der Waals surface area contributed by atoms with Gasteiger partial charge in [0.2, 0.25) is 0 Å². The van der Waals surface area contributed by atoms with E-state index in [1.165, 1.54) is 6.92 Å². The average Bonchev–Trinajstić information content (AvgIpc) is 2.18. The van der Waals surface area contributed by atoms with Gasteiger partial charge >= 0.3 is 5.97 Å². The van der Waals surface area contributed by atoms with Gasteiger partial charge in [-0.3, -0.25) is 4.79 Å². The van der Waals surface area contributed by atoms with Gasteiger partial charge in [-0.25, -0.2) is 0 Å². The first-order chi connectivity index (χ1) is 6.70. The molecule has 0 saturated carbocycles. The molecule has 0 amide bonds. The van der Waals surface area contributed by atoms with E-state index >= 15 is 0 Å². The van der Waals surface area contributed by atoms with Crippen LogP contribution in [0.25, 0.3) is 0 Å². The van der Waals surface area contributed by atoms with Crippen molar-refractivity contribution >= 4 is 5.97 Å². The second-order valence-corrected chi connectivity index (χ2v) is 2.68. The van der Waals surface area contributed by atoms with E-state index in [2.05, 4.69) is 4.74 Å². The summed E-state index contributed by atoms with van der Waals surface area (Å²) in [6.07, 6.45) is -1.06. The van der Waals surface area contributed by atoms with Crippen molar-refractivity contribution in [2.24, 2.45) is 0 Å². The second-order valence-electron chi connectivity index (χ2n) is 2.68. The van der Waals surface area contributed by atoms with Crippen LogP contribution < -0.4 is 0 Å². The highest BCUT2D eigenvalue weighted by Crippen LogP contribution is 2.12. The lowest BCUT2D eigenvalue weighted by atomic mass is 10.2. The minimum absolute atomic E-state index is 0.245. The van der Waals surface area contributed by atoms with E-state index < -0.39 is 12.3 Å². The summed E-state index contributed by atoms with van der Waals surface area (Å²) in [5.74, 6) is -0.440. The zero-order valence-electron chi connectivity index (χ0n) is 7.84. The van der Waals surface area contributed by atoms with Gasteiger partial charge < -0.3 is 14.6 Å². The fourth-order valence-corrected chi connectivity index (χ4v) is 0.895. The molecule has 0 aliphatic carbocycles. The molecule has 1 unspecified atom stereocenters. The highest BCUT2D eigenvalue weighted by Gasteiger charge is 2.06. The van der Waals surface area contributed by atoms with Crippen molar-refractivity contribution < 1.29 is 19.4 Å². The van der Waals surface area contributed by atoms with Crippen molar-refractivity contribution in [2.45, 2.75) is 13.2 Å². The summed E-state index contributed by atoms with van der Waals surface area (Å²) in [5.41, 5.74) is 0.625. The summed E-state index contributed by atoms with van der Waals surface area (Å²) in [6.45, 7) is 1.03. The molecule has 4 nitrogen and oxygen atoms in total. The Labute approximate surface area is 82.1 Å². The van der Waals surface area contributed by atoms with Crippen LogP contribution in [0.2, 0.25) is 0 Å². The van der Waals surface area contributed by atoms with Gasteiger partial charge in [0.15, 0.2) is 13.1 Å². The highest BCUT2D eigenvalue weighted by molar-refractivity contribution is 5.65. The molecule has 0 radical (unpaired) electrons. The quantitative estimate of drug-likeness (QED) is 0.581. The predicted molar refractivity (Wildman–Crippen MR) is 49.1 cm³/mol. The summed E-state index contributed by atoms with van der Waals surface area (Å²) < 4.78 is 9.36. The first-order valence-electron chi connectivity index (χ1n) is 4.18. The molecule has 4 heteroatoms. The smallest absolute Gasteiger partial charge is 0.304 e. The third-order valence-electron chi connectivity index (χ3n) is 1.57. The summed E-state index contributed by atoms with van der Waals surface area (Å²) in [4.78, 5) is 10.4. The van der Waals surface area contributed by atoms with Crippen molar-refractivity contribution in [1.29, 1.82) is 0 Å². The van der Waals surface area contributed by atoms with E-state index in [9.17, 15) is 9.90 Å². The van der Waals surface area contributed by atoms with Crippen molar-refractivity contribution in [1.82, 2.24) is 0 Å². The van der Waals surface area contributed by atoms with Crippen LogP contribution in [0.4, 0.5) is 0 Å². The van der Waals surface area contributed by atoms with Gasteiger partial charge in [-0.1, -0.05) is 30.3 Å². The maximum atomic E-state index is 10.4. The normalized spacial score (nSPS) is 12.1. The molecule has 1 N–H and O–H groups in total. The molecular formula is C10H12O4. The zero-order valence-corrected chi connectivity index (χ0v) is 7.84. The Kier molecular flexibility index (Phi) is 4.10. The van der Waals surface area contributed by atoms with Gasteiger partial charge in [0.1, 0.15) is 0 Å². The van der Waals surface area contributed by atoms with Crippen LogP contribution in [0.1, 0.15) is 18.8 Å². The lowest BCUT2D eigenvalue weighted by molar-refractivity contribution is -0.184. The number of hydrogen-bond donors (Lipinski definition) is 1. The molecule has 1 aromatic rings. The van der Waals surface area contributed by atoms with E-state index in [4.69, 9.17) is 4.74 Å². The van der Waals surface area contributed by atoms with E-state index in [1.807, 2.05) is 6.07 Å². The number of ether oxygens (including phenoxy) is 2. The second kappa shape index (κ2) is 5.36. The topological polar surface area (TPSA) is 55.8 Å². The Hall–Kier alpha value is -1.39. The van der Waals surface area contributed by atoms with Gasteiger partial charge in [0, 0.05) is 12.5 Å². The van der Waals surface area contributed by atoms with Gasteiger partial charge in [-0.15, -0.1) is 0 Å². The maximum absolute atomic E-state index is 10.4. The van der Waals surface area contributed by atoms with Gasteiger partial charge in [0.25, 0.3) is 0 Å². The van der Waals surface area contributed by atoms with Crippen LogP contribution in [-0.2, 0) is 14.3 Å². The summed E-state index contributed by atoms with van der Waals surface area (Å²) >= 11 is 0. The molecule has 0 aromatic heterocycles. The minimum atomic E-state index is -1.06. The fraction of sp³-hybridized carbons (Fsp3) is 0.300. The first kappa shape index (κ1) is 10.7. The van der Waals surface area contributed by atoms with Crippen LogP contribution in [0, 0.1) is 0 Å². The van der Waals surface area contributed by atoms with Gasteiger partial charge in [-0.2, -0.15) is 0 Å². The third kappa shape index (κ3) is 3.55. The number of aliphatic hydroxyl groups excluding tert-OH is 1. The standard InChI is InChI=1S/C10H12O4/c1-8(11)13-7-14-10(12)9-5-3-2-4-6-9/h2-6,10,12H,7H2,1H3. The molecule has 1 aromatic carbocycles. The van der Waals surface area contributed by atoms with Crippen LogP contribution in [0.15, 0.2) is 30.3 Å². The molecule has 0 bridgehead atoms. The molecule has 0 spiro atoms. The van der Waals surface area contributed by atoms with Crippen molar-refractivity contribution in [3.05, 3.63) is 35.9 Å². The summed E-state index contributed by atoms with van der Waals surface area (Å²) in [6, 6.07) is 8.85. The summed E-state index contributed by atoms with van der Waals surface area (Å²) in [5, 5.41) is 9.42. The first-order valence-corrected chi connectivity index (χ1v) is 4.18. The van der Waals surface area contributed by atoms with Crippen molar-refractivity contribution in [3.8, 4) is 0 Å². The largest absolute Gasteiger partial charge is 0.439 e. The number of carbonyl (C=O) groups excluding carboxylic acids is 1. The predicted octanol–water partition coefficient (Wildman–Crippen LogP) is 1.21.